The number of nitrogens with zero attached hydrogens (tertiary/aromatic N) is 1. The molecule has 0 aliphatic rings. The molecule has 1 aromatic rings. The zero-order valence-electron chi connectivity index (χ0n) is 10.3. The smallest absolute Gasteiger partial charge is 0.329 e. The summed E-state index contributed by atoms with van der Waals surface area (Å²) in [6.07, 6.45) is 1.20. The van der Waals surface area contributed by atoms with E-state index in [1.54, 1.807) is 19.1 Å². The number of carboxylic acid groups (broad SMARTS) is 1. The maximum atomic E-state index is 11.3. The van der Waals surface area contributed by atoms with Crippen LogP contribution in [0.15, 0.2) is 18.2 Å². The van der Waals surface area contributed by atoms with Crippen molar-refractivity contribution < 1.29 is 9.90 Å². The highest BCUT2D eigenvalue weighted by Gasteiger charge is 2.32. The zero-order valence-corrected chi connectivity index (χ0v) is 11.1. The Bertz CT molecular complexity index is 496. The third-order valence-corrected chi connectivity index (χ3v) is 2.97. The number of anilines is 1. The van der Waals surface area contributed by atoms with Crippen molar-refractivity contribution in [3.8, 4) is 6.07 Å². The molecule has 1 aromatic carbocycles. The fourth-order valence-corrected chi connectivity index (χ4v) is 1.91. The Morgan fingerprint density at radius 1 is 1.61 bits per heavy atom. The predicted molar refractivity (Wildman–Crippen MR) is 70.7 cm³/mol. The summed E-state index contributed by atoms with van der Waals surface area (Å²) >= 11 is 5.80. The lowest BCUT2D eigenvalue weighted by Gasteiger charge is -2.27. The van der Waals surface area contributed by atoms with E-state index in [1.807, 2.05) is 13.0 Å². The Morgan fingerprint density at radius 2 is 2.28 bits per heavy atom. The largest absolute Gasteiger partial charge is 0.480 e. The first-order chi connectivity index (χ1) is 8.42. The molecule has 18 heavy (non-hydrogen) atoms. The van der Waals surface area contributed by atoms with Crippen LogP contribution in [0, 0.1) is 11.3 Å². The Kier molecular flexibility index (Phi) is 4.57. The van der Waals surface area contributed by atoms with Crippen LogP contribution in [0.3, 0.4) is 0 Å². The minimum Gasteiger partial charge on any atom is -0.480 e. The number of nitriles is 1. The fraction of sp³-hybridized carbons (Fsp3) is 0.385. The van der Waals surface area contributed by atoms with Gasteiger partial charge in [-0.1, -0.05) is 24.9 Å². The van der Waals surface area contributed by atoms with E-state index in [1.165, 1.54) is 6.07 Å². The molecule has 4 nitrogen and oxygen atoms in total. The first-order valence-corrected chi connectivity index (χ1v) is 6.02. The molecule has 0 aliphatic carbocycles. The molecule has 0 fully saturated rings. The molecular weight excluding hydrogens is 252 g/mol. The van der Waals surface area contributed by atoms with Gasteiger partial charge in [0.15, 0.2) is 0 Å². The van der Waals surface area contributed by atoms with E-state index in [0.717, 1.165) is 6.42 Å². The lowest BCUT2D eigenvalue weighted by atomic mass is 9.95. The molecule has 2 N–H and O–H groups in total. The molecule has 1 rings (SSSR count). The second-order valence-corrected chi connectivity index (χ2v) is 4.75. The van der Waals surface area contributed by atoms with Gasteiger partial charge in [-0.05, 0) is 31.5 Å². The molecule has 5 heteroatoms. The van der Waals surface area contributed by atoms with Crippen LogP contribution in [0.4, 0.5) is 5.69 Å². The molecule has 0 aliphatic heterocycles. The van der Waals surface area contributed by atoms with Gasteiger partial charge in [0, 0.05) is 5.02 Å². The molecule has 1 atom stereocenters. The normalized spacial score (nSPS) is 13.4. The summed E-state index contributed by atoms with van der Waals surface area (Å²) in [7, 11) is 0. The third kappa shape index (κ3) is 3.14. The number of aliphatic carboxylic acids is 1. The van der Waals surface area contributed by atoms with Crippen molar-refractivity contribution in [2.45, 2.75) is 32.2 Å². The summed E-state index contributed by atoms with van der Waals surface area (Å²) < 4.78 is 0. The van der Waals surface area contributed by atoms with E-state index in [0.29, 0.717) is 22.7 Å². The van der Waals surface area contributed by atoms with Gasteiger partial charge in [0.25, 0.3) is 0 Å². The predicted octanol–water partition coefficient (Wildman–Crippen LogP) is 3.27. The summed E-state index contributed by atoms with van der Waals surface area (Å²) in [5.41, 5.74) is -0.264. The Balaban J connectivity index is 3.09. The minimum atomic E-state index is -1.09. The highest BCUT2D eigenvalue weighted by Crippen LogP contribution is 2.25. The van der Waals surface area contributed by atoms with Crippen molar-refractivity contribution in [2.24, 2.45) is 0 Å². The molecule has 0 bridgehead atoms. The van der Waals surface area contributed by atoms with Crippen LogP contribution in [0.25, 0.3) is 0 Å². The first-order valence-electron chi connectivity index (χ1n) is 5.64. The van der Waals surface area contributed by atoms with Crippen molar-refractivity contribution >= 4 is 23.3 Å². The summed E-state index contributed by atoms with van der Waals surface area (Å²) in [5, 5.41) is 21.7. The van der Waals surface area contributed by atoms with Gasteiger partial charge in [-0.3, -0.25) is 0 Å². The maximum Gasteiger partial charge on any atom is 0.329 e. The molecule has 0 saturated heterocycles. The molecule has 0 aromatic heterocycles. The molecular formula is C13H15ClN2O2. The van der Waals surface area contributed by atoms with Gasteiger partial charge < -0.3 is 10.4 Å². The number of benzene rings is 1. The van der Waals surface area contributed by atoms with Gasteiger partial charge in [0.05, 0.1) is 11.3 Å². The molecule has 0 amide bonds. The lowest BCUT2D eigenvalue weighted by molar-refractivity contribution is -0.141. The first kappa shape index (κ1) is 14.3. The monoisotopic (exact) mass is 266 g/mol. The molecule has 0 spiro atoms. The van der Waals surface area contributed by atoms with E-state index >= 15 is 0 Å². The van der Waals surface area contributed by atoms with Crippen LogP contribution in [0.2, 0.25) is 5.02 Å². The van der Waals surface area contributed by atoms with Crippen LogP contribution in [-0.2, 0) is 4.79 Å². The number of carboxylic acids is 1. The molecule has 0 heterocycles. The van der Waals surface area contributed by atoms with Crippen LogP contribution < -0.4 is 5.32 Å². The van der Waals surface area contributed by atoms with E-state index in [-0.39, 0.29) is 0 Å². The van der Waals surface area contributed by atoms with Crippen molar-refractivity contribution in [3.05, 3.63) is 28.8 Å². The number of halogens is 1. The fourth-order valence-electron chi connectivity index (χ4n) is 1.74. The van der Waals surface area contributed by atoms with Gasteiger partial charge in [-0.25, -0.2) is 4.79 Å². The average molecular weight is 267 g/mol. The van der Waals surface area contributed by atoms with Crippen molar-refractivity contribution in [1.82, 2.24) is 0 Å². The lowest BCUT2D eigenvalue weighted by Crippen LogP contribution is -2.43. The Hall–Kier alpha value is -1.73. The van der Waals surface area contributed by atoms with E-state index in [9.17, 15) is 9.90 Å². The van der Waals surface area contributed by atoms with Crippen LogP contribution in [0.5, 0.6) is 0 Å². The summed E-state index contributed by atoms with van der Waals surface area (Å²) in [5.74, 6) is -0.941. The quantitative estimate of drug-likeness (QED) is 0.858. The van der Waals surface area contributed by atoms with Crippen molar-refractivity contribution in [1.29, 1.82) is 5.26 Å². The summed E-state index contributed by atoms with van der Waals surface area (Å²) in [6, 6.07) is 6.76. The third-order valence-electron chi connectivity index (χ3n) is 2.73. The summed E-state index contributed by atoms with van der Waals surface area (Å²) in [4.78, 5) is 11.3. The van der Waals surface area contributed by atoms with Gasteiger partial charge >= 0.3 is 5.97 Å². The molecule has 1 unspecified atom stereocenters. The highest BCUT2D eigenvalue weighted by atomic mass is 35.5. The van der Waals surface area contributed by atoms with Gasteiger partial charge in [0.2, 0.25) is 0 Å². The van der Waals surface area contributed by atoms with Crippen molar-refractivity contribution in [3.63, 3.8) is 0 Å². The second-order valence-electron chi connectivity index (χ2n) is 4.31. The summed E-state index contributed by atoms with van der Waals surface area (Å²) in [6.45, 7) is 3.52. The van der Waals surface area contributed by atoms with Crippen LogP contribution in [-0.4, -0.2) is 16.6 Å². The SMILES string of the molecule is CCCC(C)(Nc1ccc(Cl)cc1C#N)C(=O)O. The molecule has 0 radical (unpaired) electrons. The standard InChI is InChI=1S/C13H15ClN2O2/c1-3-6-13(2,12(17)18)16-11-5-4-10(14)7-9(11)8-15/h4-5,7,16H,3,6H2,1-2H3,(H,17,18). The van der Waals surface area contributed by atoms with Crippen molar-refractivity contribution in [2.75, 3.05) is 5.32 Å². The number of hydrogen-bond acceptors (Lipinski definition) is 3. The van der Waals surface area contributed by atoms with Gasteiger partial charge in [-0.15, -0.1) is 0 Å². The highest BCUT2D eigenvalue weighted by molar-refractivity contribution is 6.30. The Labute approximate surface area is 111 Å². The zero-order chi connectivity index (χ0) is 13.8. The number of carbonyl (C=O) groups is 1. The maximum absolute atomic E-state index is 11.3. The number of hydrogen-bond donors (Lipinski definition) is 2. The van der Waals surface area contributed by atoms with Crippen LogP contribution in [0.1, 0.15) is 32.3 Å². The Morgan fingerprint density at radius 3 is 2.78 bits per heavy atom. The molecule has 96 valence electrons. The van der Waals surface area contributed by atoms with Gasteiger partial charge in [0.1, 0.15) is 11.6 Å². The van der Waals surface area contributed by atoms with Crippen LogP contribution >= 0.6 is 11.6 Å². The second kappa shape index (κ2) is 5.74. The number of nitrogens with one attached hydrogen (secondary N) is 1. The molecule has 0 saturated carbocycles. The average Bonchev–Trinajstić information content (AvgIpc) is 2.31. The van der Waals surface area contributed by atoms with E-state index < -0.39 is 11.5 Å². The van der Waals surface area contributed by atoms with E-state index in [2.05, 4.69) is 5.32 Å². The number of rotatable bonds is 5. The van der Waals surface area contributed by atoms with Gasteiger partial charge in [-0.2, -0.15) is 5.26 Å². The topological polar surface area (TPSA) is 73.1 Å². The van der Waals surface area contributed by atoms with E-state index in [4.69, 9.17) is 16.9 Å². The minimum absolute atomic E-state index is 0.339.